The molecule has 0 aliphatic heterocycles. The monoisotopic (exact) mass is 296 g/mol. The van der Waals surface area contributed by atoms with Gasteiger partial charge in [0.15, 0.2) is 0 Å². The van der Waals surface area contributed by atoms with Gasteiger partial charge in [-0.05, 0) is 15.9 Å². The molecule has 17 heavy (non-hydrogen) atoms. The van der Waals surface area contributed by atoms with E-state index in [1.807, 2.05) is 13.0 Å². The second-order valence-electron chi connectivity index (χ2n) is 3.45. The van der Waals surface area contributed by atoms with Gasteiger partial charge in [0.1, 0.15) is 28.4 Å². The number of nitrogens with one attached hydrogen (secondary N) is 2. The van der Waals surface area contributed by atoms with E-state index in [2.05, 4.69) is 46.4 Å². The molecule has 0 saturated heterocycles. The van der Waals surface area contributed by atoms with E-state index in [9.17, 15) is 0 Å². The van der Waals surface area contributed by atoms with Crippen molar-refractivity contribution in [3.05, 3.63) is 28.6 Å². The van der Waals surface area contributed by atoms with Gasteiger partial charge in [0.05, 0.1) is 0 Å². The molecule has 0 unspecified atom stereocenters. The van der Waals surface area contributed by atoms with Crippen LogP contribution in [0.5, 0.6) is 0 Å². The van der Waals surface area contributed by atoms with Crippen molar-refractivity contribution < 1.29 is 0 Å². The number of rotatable bonds is 5. The van der Waals surface area contributed by atoms with Crippen molar-refractivity contribution in [2.45, 2.75) is 19.8 Å². The quantitative estimate of drug-likeness (QED) is 0.819. The average Bonchev–Trinajstić information content (AvgIpc) is 2.81. The van der Waals surface area contributed by atoms with Crippen LogP contribution in [0.25, 0.3) is 0 Å². The third-order valence-corrected chi connectivity index (χ3v) is 2.60. The van der Waals surface area contributed by atoms with E-state index in [1.165, 1.54) is 6.33 Å². The van der Waals surface area contributed by atoms with Gasteiger partial charge in [0, 0.05) is 25.5 Å². The molecule has 0 bridgehead atoms. The molecule has 0 spiro atoms. The summed E-state index contributed by atoms with van der Waals surface area (Å²) >= 11 is 3.36. The number of halogens is 1. The van der Waals surface area contributed by atoms with Crippen molar-refractivity contribution in [1.29, 1.82) is 0 Å². The van der Waals surface area contributed by atoms with Crippen LogP contribution in [0.1, 0.15) is 18.6 Å². The minimum Gasteiger partial charge on any atom is -0.369 e. The number of aromatic amines is 1. The molecule has 2 rings (SSSR count). The fourth-order valence-electron chi connectivity index (χ4n) is 1.37. The Bertz CT molecular complexity index is 470. The lowest BCUT2D eigenvalue weighted by Crippen LogP contribution is -2.09. The van der Waals surface area contributed by atoms with E-state index < -0.39 is 0 Å². The van der Waals surface area contributed by atoms with Crippen LogP contribution < -0.4 is 5.32 Å². The van der Waals surface area contributed by atoms with Gasteiger partial charge in [-0.1, -0.05) is 6.92 Å². The lowest BCUT2D eigenvalue weighted by atomic mass is 10.4. The van der Waals surface area contributed by atoms with Gasteiger partial charge >= 0.3 is 0 Å². The molecule has 0 aliphatic carbocycles. The van der Waals surface area contributed by atoms with Gasteiger partial charge in [-0.3, -0.25) is 5.10 Å². The molecule has 0 amide bonds. The fourth-order valence-corrected chi connectivity index (χ4v) is 1.80. The standard InChI is InChI=1S/C10H13BrN6/c1-2-8-15-7(11)5-10(16-8)12-4-3-9-13-6-14-17-9/h5-6H,2-4H2,1H3,(H,12,15,16)(H,13,14,17). The number of hydrogen-bond acceptors (Lipinski definition) is 5. The number of H-pyrrole nitrogens is 1. The summed E-state index contributed by atoms with van der Waals surface area (Å²) in [6.07, 6.45) is 3.10. The number of anilines is 1. The van der Waals surface area contributed by atoms with E-state index in [-0.39, 0.29) is 0 Å². The van der Waals surface area contributed by atoms with Crippen LogP contribution in [0.15, 0.2) is 17.0 Å². The zero-order chi connectivity index (χ0) is 12.1. The van der Waals surface area contributed by atoms with Crippen molar-refractivity contribution in [3.63, 3.8) is 0 Å². The van der Waals surface area contributed by atoms with Gasteiger partial charge in [0.25, 0.3) is 0 Å². The van der Waals surface area contributed by atoms with Crippen LogP contribution in [0.2, 0.25) is 0 Å². The number of aromatic nitrogens is 5. The Morgan fingerprint density at radius 3 is 3.00 bits per heavy atom. The summed E-state index contributed by atoms with van der Waals surface area (Å²) in [5.41, 5.74) is 0. The molecule has 0 aliphatic rings. The van der Waals surface area contributed by atoms with Crippen LogP contribution in [-0.2, 0) is 12.8 Å². The minimum absolute atomic E-state index is 0.752. The zero-order valence-electron chi connectivity index (χ0n) is 9.44. The molecule has 0 aromatic carbocycles. The lowest BCUT2D eigenvalue weighted by Gasteiger charge is -2.06. The van der Waals surface area contributed by atoms with Crippen LogP contribution in [-0.4, -0.2) is 31.7 Å². The van der Waals surface area contributed by atoms with E-state index in [0.29, 0.717) is 0 Å². The average molecular weight is 297 g/mol. The Labute approximate surface area is 107 Å². The highest BCUT2D eigenvalue weighted by Gasteiger charge is 2.01. The summed E-state index contributed by atoms with van der Waals surface area (Å²) in [5.74, 6) is 2.51. The molecule has 0 radical (unpaired) electrons. The van der Waals surface area contributed by atoms with Gasteiger partial charge in [-0.25, -0.2) is 15.0 Å². The van der Waals surface area contributed by atoms with E-state index in [0.717, 1.165) is 41.5 Å². The number of hydrogen-bond donors (Lipinski definition) is 2. The van der Waals surface area contributed by atoms with Crippen LogP contribution in [0.3, 0.4) is 0 Å². The molecule has 7 heteroatoms. The summed E-state index contributed by atoms with van der Waals surface area (Å²) in [4.78, 5) is 12.7. The number of nitrogens with zero attached hydrogens (tertiary/aromatic N) is 4. The summed E-state index contributed by atoms with van der Waals surface area (Å²) in [5, 5.41) is 9.84. The number of aryl methyl sites for hydroxylation is 1. The van der Waals surface area contributed by atoms with E-state index >= 15 is 0 Å². The van der Waals surface area contributed by atoms with Crippen molar-refractivity contribution >= 4 is 21.7 Å². The predicted molar refractivity (Wildman–Crippen MR) is 67.7 cm³/mol. The second kappa shape index (κ2) is 5.72. The van der Waals surface area contributed by atoms with Crippen molar-refractivity contribution in [2.75, 3.05) is 11.9 Å². The van der Waals surface area contributed by atoms with Gasteiger partial charge in [0.2, 0.25) is 0 Å². The van der Waals surface area contributed by atoms with Crippen LogP contribution >= 0.6 is 15.9 Å². The summed E-state index contributed by atoms with van der Waals surface area (Å²) in [7, 11) is 0. The fraction of sp³-hybridized carbons (Fsp3) is 0.400. The first kappa shape index (κ1) is 12.0. The largest absolute Gasteiger partial charge is 0.369 e. The molecular formula is C10H13BrN6. The Balaban J connectivity index is 1.92. The molecule has 2 N–H and O–H groups in total. The lowest BCUT2D eigenvalue weighted by molar-refractivity contribution is 0.882. The summed E-state index contributed by atoms with van der Waals surface area (Å²) in [6.45, 7) is 2.78. The SMILES string of the molecule is CCc1nc(Br)cc(NCCc2ncn[nH]2)n1. The van der Waals surface area contributed by atoms with Crippen molar-refractivity contribution in [3.8, 4) is 0 Å². The first-order valence-electron chi connectivity index (χ1n) is 5.39. The van der Waals surface area contributed by atoms with Crippen molar-refractivity contribution in [1.82, 2.24) is 25.1 Å². The molecular weight excluding hydrogens is 284 g/mol. The third-order valence-electron chi connectivity index (χ3n) is 2.19. The molecule has 6 nitrogen and oxygen atoms in total. The first-order valence-corrected chi connectivity index (χ1v) is 6.19. The van der Waals surface area contributed by atoms with Gasteiger partial charge < -0.3 is 5.32 Å². The smallest absolute Gasteiger partial charge is 0.137 e. The van der Waals surface area contributed by atoms with E-state index in [1.54, 1.807) is 0 Å². The normalized spacial score (nSPS) is 10.5. The highest BCUT2D eigenvalue weighted by molar-refractivity contribution is 9.10. The zero-order valence-corrected chi connectivity index (χ0v) is 11.0. The summed E-state index contributed by atoms with van der Waals surface area (Å²) in [6, 6.07) is 1.86. The highest BCUT2D eigenvalue weighted by atomic mass is 79.9. The van der Waals surface area contributed by atoms with Crippen molar-refractivity contribution in [2.24, 2.45) is 0 Å². The highest BCUT2D eigenvalue weighted by Crippen LogP contribution is 2.12. The molecule has 0 saturated carbocycles. The first-order chi connectivity index (χ1) is 8.28. The molecule has 0 atom stereocenters. The molecule has 0 fully saturated rings. The third kappa shape index (κ3) is 3.48. The Hall–Kier alpha value is -1.50. The Morgan fingerprint density at radius 1 is 1.41 bits per heavy atom. The van der Waals surface area contributed by atoms with Gasteiger partial charge in [-0.15, -0.1) is 0 Å². The minimum atomic E-state index is 0.752. The van der Waals surface area contributed by atoms with Crippen LogP contribution in [0, 0.1) is 0 Å². The second-order valence-corrected chi connectivity index (χ2v) is 4.27. The maximum Gasteiger partial charge on any atom is 0.137 e. The molecule has 2 aromatic heterocycles. The molecule has 2 heterocycles. The Morgan fingerprint density at radius 2 is 2.29 bits per heavy atom. The van der Waals surface area contributed by atoms with Gasteiger partial charge in [-0.2, -0.15) is 5.10 Å². The topological polar surface area (TPSA) is 79.4 Å². The summed E-state index contributed by atoms with van der Waals surface area (Å²) < 4.78 is 0.798. The molecule has 90 valence electrons. The Kier molecular flexibility index (Phi) is 4.03. The maximum absolute atomic E-state index is 4.37. The molecule has 2 aromatic rings. The predicted octanol–water partition coefficient (Wildman–Crippen LogP) is 1.57. The maximum atomic E-state index is 4.37. The van der Waals surface area contributed by atoms with Crippen LogP contribution in [0.4, 0.5) is 5.82 Å². The van der Waals surface area contributed by atoms with E-state index in [4.69, 9.17) is 0 Å².